The fourth-order valence-corrected chi connectivity index (χ4v) is 2.37. The Hall–Kier alpha value is -0.513. The van der Waals surface area contributed by atoms with Gasteiger partial charge in [-0.15, -0.1) is 11.1 Å². The van der Waals surface area contributed by atoms with Crippen LogP contribution >= 0.6 is 0 Å². The Morgan fingerprint density at radius 2 is 1.65 bits per heavy atom. The van der Waals surface area contributed by atoms with Crippen LogP contribution in [0.5, 0.6) is 0 Å². The van der Waals surface area contributed by atoms with E-state index in [-0.39, 0.29) is 18.9 Å². The first-order valence-electron chi connectivity index (χ1n) is 6.30. The van der Waals surface area contributed by atoms with Crippen molar-refractivity contribution in [3.05, 3.63) is 29.3 Å². The number of para-hydroxylation sites is 1. The van der Waals surface area contributed by atoms with Crippen molar-refractivity contribution in [2.75, 3.05) is 0 Å². The summed E-state index contributed by atoms with van der Waals surface area (Å²) in [5.41, 5.74) is 3.62. The van der Waals surface area contributed by atoms with Crippen LogP contribution in [0.15, 0.2) is 23.2 Å². The number of aliphatic imine (C=N–C) groups is 1. The number of aryl methyl sites for hydroxylation is 2. The maximum atomic E-state index is 4.58. The van der Waals surface area contributed by atoms with E-state index in [1.165, 1.54) is 43.2 Å². The van der Waals surface area contributed by atoms with Crippen molar-refractivity contribution in [1.29, 1.82) is 0 Å². The summed E-state index contributed by atoms with van der Waals surface area (Å²) in [6, 6.07) is 6.33. The van der Waals surface area contributed by atoms with E-state index in [0.29, 0.717) is 5.92 Å². The van der Waals surface area contributed by atoms with E-state index in [0.717, 1.165) is 5.69 Å². The van der Waals surface area contributed by atoms with Gasteiger partial charge in [-0.05, 0) is 0 Å². The molecule has 1 aromatic carbocycles. The predicted octanol–water partition coefficient (Wildman–Crippen LogP) is 1.47. The molecule has 0 aliphatic heterocycles. The summed E-state index contributed by atoms with van der Waals surface area (Å²) in [4.78, 5) is 4.58. The molecule has 0 aromatic heterocycles. The molecule has 0 unspecified atom stereocenters. The van der Waals surface area contributed by atoms with Crippen LogP contribution in [0.3, 0.4) is 0 Å². The zero-order valence-electron chi connectivity index (χ0n) is 11.3. The molecule has 1 saturated carbocycles. The molecule has 0 radical (unpaired) electrons. The smallest absolute Gasteiger partial charge is 0.455 e. The number of hydrogen-bond donors (Lipinski definition) is 0. The summed E-state index contributed by atoms with van der Waals surface area (Å²) in [7, 11) is 0. The van der Waals surface area contributed by atoms with Gasteiger partial charge in [0.2, 0.25) is 0 Å². The van der Waals surface area contributed by atoms with Gasteiger partial charge in [0.25, 0.3) is 0 Å². The molecule has 17 heavy (non-hydrogen) atoms. The van der Waals surface area contributed by atoms with Crippen molar-refractivity contribution >= 4 is 11.9 Å². The third-order valence-electron chi connectivity index (χ3n) is 3.40. The molecule has 0 heterocycles. The molecule has 0 bridgehead atoms. The van der Waals surface area contributed by atoms with Crippen molar-refractivity contribution in [1.82, 2.24) is 0 Å². The van der Waals surface area contributed by atoms with Crippen molar-refractivity contribution in [3.63, 3.8) is 0 Å². The van der Waals surface area contributed by atoms with Crippen molar-refractivity contribution < 1.29 is 18.9 Å². The Bertz CT molecular complexity index is 358. The van der Waals surface area contributed by atoms with Gasteiger partial charge >= 0.3 is 18.9 Å². The van der Waals surface area contributed by atoms with Gasteiger partial charge in [-0.3, -0.25) is 0 Å². The van der Waals surface area contributed by atoms with Crippen LogP contribution < -0.4 is 18.9 Å². The summed E-state index contributed by atoms with van der Waals surface area (Å²) >= 11 is 0. The number of rotatable bonds is 2. The first kappa shape index (κ1) is 14.5. The molecule has 86 valence electrons. The minimum absolute atomic E-state index is 0. The number of nitrogens with zero attached hydrogens (tertiary/aromatic N) is 1. The van der Waals surface area contributed by atoms with Gasteiger partial charge in [0.05, 0.1) is 0 Å². The second-order valence-electron chi connectivity index (χ2n) is 4.82. The Morgan fingerprint density at radius 3 is 2.24 bits per heavy atom. The van der Waals surface area contributed by atoms with E-state index in [1.54, 1.807) is 0 Å². The van der Waals surface area contributed by atoms with Crippen molar-refractivity contribution in [3.8, 4) is 0 Å². The average Bonchev–Trinajstić information content (AvgIpc) is 2.30. The molecular weight excluding hydrogens is 201 g/mol. The monoisotopic (exact) mass is 221 g/mol. The molecule has 0 spiro atoms. The summed E-state index contributed by atoms with van der Waals surface area (Å²) in [5.74, 6) is 0.591. The molecule has 1 fully saturated rings. The van der Waals surface area contributed by atoms with Crippen LogP contribution in [0, 0.1) is 19.8 Å². The first-order valence-corrected chi connectivity index (χ1v) is 6.30. The van der Waals surface area contributed by atoms with Crippen LogP contribution in [0.25, 0.3) is 0 Å². The average molecular weight is 221 g/mol. The molecule has 0 amide bonds. The maximum Gasteiger partial charge on any atom is 1.00 e. The van der Waals surface area contributed by atoms with Crippen LogP contribution in [0.2, 0.25) is 0 Å². The molecule has 1 nitrogen and oxygen atoms in total. The Kier molecular flexibility index (Phi) is 6.02. The molecular formula is C15H20LiN. The van der Waals surface area contributed by atoms with Gasteiger partial charge in [0, 0.05) is 0 Å². The number of benzene rings is 1. The zero-order valence-corrected chi connectivity index (χ0v) is 11.3. The standard InChI is InChI=1S/C15H20N.Li/c1-12-7-6-8-13(2)15(12)16-11-14-9-4-3-5-10-14;/h6-8,14H,3-5,9-10H2,1-2H3;/q-1;+1. The Labute approximate surface area is 117 Å². The largest absolute Gasteiger partial charge is 1.00 e. The van der Waals surface area contributed by atoms with E-state index in [9.17, 15) is 0 Å². The van der Waals surface area contributed by atoms with Crippen molar-refractivity contribution in [2.24, 2.45) is 10.9 Å². The van der Waals surface area contributed by atoms with E-state index >= 15 is 0 Å². The third-order valence-corrected chi connectivity index (χ3v) is 3.40. The van der Waals surface area contributed by atoms with Crippen LogP contribution in [0.1, 0.15) is 43.2 Å². The summed E-state index contributed by atoms with van der Waals surface area (Å²) in [5, 5.41) is 0. The first-order chi connectivity index (χ1) is 7.77. The van der Waals surface area contributed by atoms with E-state index in [4.69, 9.17) is 0 Å². The molecule has 1 aliphatic rings. The quantitative estimate of drug-likeness (QED) is 0.407. The Balaban J connectivity index is 0.00000144. The SMILES string of the molecule is Cc1cccc(C)c1N=[C-]C1CCCCC1.[Li+]. The summed E-state index contributed by atoms with van der Waals surface area (Å²) in [6.45, 7) is 4.24. The van der Waals surface area contributed by atoms with E-state index < -0.39 is 0 Å². The topological polar surface area (TPSA) is 12.4 Å². The van der Waals surface area contributed by atoms with Gasteiger partial charge in [-0.25, -0.2) is 0 Å². The van der Waals surface area contributed by atoms with E-state index in [2.05, 4.69) is 43.3 Å². The van der Waals surface area contributed by atoms with Crippen molar-refractivity contribution in [2.45, 2.75) is 46.0 Å². The van der Waals surface area contributed by atoms with E-state index in [1.807, 2.05) is 0 Å². The van der Waals surface area contributed by atoms with Gasteiger partial charge in [-0.1, -0.05) is 75.8 Å². The van der Waals surface area contributed by atoms with Crippen LogP contribution in [0.4, 0.5) is 5.69 Å². The summed E-state index contributed by atoms with van der Waals surface area (Å²) in [6.07, 6.45) is 9.97. The fraction of sp³-hybridized carbons (Fsp3) is 0.533. The molecule has 1 aliphatic carbocycles. The fourth-order valence-electron chi connectivity index (χ4n) is 2.37. The zero-order chi connectivity index (χ0) is 11.4. The van der Waals surface area contributed by atoms with Crippen LogP contribution in [-0.2, 0) is 0 Å². The van der Waals surface area contributed by atoms with Gasteiger partial charge in [0.1, 0.15) is 0 Å². The second kappa shape index (κ2) is 7.04. The molecule has 1 aromatic rings. The second-order valence-corrected chi connectivity index (χ2v) is 4.82. The predicted molar refractivity (Wildman–Crippen MR) is 69.6 cm³/mol. The third kappa shape index (κ3) is 4.02. The molecule has 2 rings (SSSR count). The van der Waals surface area contributed by atoms with Gasteiger partial charge < -0.3 is 4.99 Å². The van der Waals surface area contributed by atoms with Gasteiger partial charge in [0.15, 0.2) is 0 Å². The Morgan fingerprint density at radius 1 is 1.06 bits per heavy atom. The van der Waals surface area contributed by atoms with Crippen LogP contribution in [-0.4, -0.2) is 6.21 Å². The minimum atomic E-state index is 0. The molecule has 0 N–H and O–H groups in total. The van der Waals surface area contributed by atoms with Gasteiger partial charge in [-0.2, -0.15) is 6.21 Å². The normalized spacial score (nSPS) is 17.1. The maximum absolute atomic E-state index is 4.58. The molecule has 0 saturated heterocycles. The molecule has 2 heteroatoms. The minimum Gasteiger partial charge on any atom is -0.455 e. The molecule has 0 atom stereocenters. The summed E-state index contributed by atoms with van der Waals surface area (Å²) < 4.78 is 0. The number of hydrogen-bond acceptors (Lipinski definition) is 1.